The quantitative estimate of drug-likeness (QED) is 0.683. The van der Waals surface area contributed by atoms with Gasteiger partial charge in [0.2, 0.25) is 10.8 Å². The molecule has 0 aromatic carbocycles. The molecule has 1 fully saturated rings. The lowest BCUT2D eigenvalue weighted by molar-refractivity contribution is 0.896. The highest BCUT2D eigenvalue weighted by Crippen LogP contribution is 2.41. The molecule has 0 aliphatic heterocycles. The van der Waals surface area contributed by atoms with Gasteiger partial charge in [-0.15, -0.1) is 10.2 Å². The van der Waals surface area contributed by atoms with Crippen LogP contribution in [-0.4, -0.2) is 29.8 Å². The zero-order valence-electron chi connectivity index (χ0n) is 8.82. The Morgan fingerprint density at radius 3 is 2.94 bits per heavy atom. The summed E-state index contributed by atoms with van der Waals surface area (Å²) in [7, 11) is 0. The molecule has 0 atom stereocenters. The molecule has 3 aromatic rings. The second-order valence-corrected chi connectivity index (χ2v) is 5.01. The molecule has 4 rings (SSSR count). The molecule has 0 N–H and O–H groups in total. The first kappa shape index (κ1) is 9.17. The molecule has 0 unspecified atom stereocenters. The van der Waals surface area contributed by atoms with E-state index >= 15 is 0 Å². The molecule has 1 aliphatic rings. The molecule has 0 saturated heterocycles. The maximum atomic E-state index is 4.55. The van der Waals surface area contributed by atoms with Crippen molar-refractivity contribution in [3.05, 3.63) is 23.6 Å². The van der Waals surface area contributed by atoms with E-state index in [9.17, 15) is 0 Å². The van der Waals surface area contributed by atoms with Crippen LogP contribution >= 0.6 is 11.3 Å². The van der Waals surface area contributed by atoms with Gasteiger partial charge < -0.3 is 0 Å². The zero-order valence-corrected chi connectivity index (χ0v) is 9.63. The summed E-state index contributed by atoms with van der Waals surface area (Å²) >= 11 is 1.61. The monoisotopic (exact) mass is 244 g/mol. The minimum absolute atomic E-state index is 0.636. The average molecular weight is 244 g/mol. The summed E-state index contributed by atoms with van der Waals surface area (Å²) in [6.45, 7) is 0. The maximum absolute atomic E-state index is 4.55. The second-order valence-electron chi connectivity index (χ2n) is 4.02. The lowest BCUT2D eigenvalue weighted by atomic mass is 10.4. The van der Waals surface area contributed by atoms with E-state index in [4.69, 9.17) is 0 Å². The smallest absolute Gasteiger partial charge is 0.235 e. The predicted molar refractivity (Wildman–Crippen MR) is 61.7 cm³/mol. The van der Waals surface area contributed by atoms with Crippen LogP contribution in [0.15, 0.2) is 18.6 Å². The van der Waals surface area contributed by atoms with E-state index in [2.05, 4.69) is 25.3 Å². The van der Waals surface area contributed by atoms with Gasteiger partial charge in [0.25, 0.3) is 0 Å². The van der Waals surface area contributed by atoms with Gasteiger partial charge in [0, 0.05) is 18.3 Å². The Bertz CT molecular complexity index is 668. The summed E-state index contributed by atoms with van der Waals surface area (Å²) in [5.74, 6) is 1.30. The summed E-state index contributed by atoms with van der Waals surface area (Å²) in [6, 6.07) is 0. The van der Waals surface area contributed by atoms with Gasteiger partial charge in [-0.1, -0.05) is 11.3 Å². The Labute approximate surface area is 100 Å². The second kappa shape index (κ2) is 3.30. The molecule has 6 nitrogen and oxygen atoms in total. The molecular weight excluding hydrogens is 236 g/mol. The number of nitrogens with zero attached hydrogens (tertiary/aromatic N) is 6. The molecule has 84 valence electrons. The molecule has 7 heteroatoms. The largest absolute Gasteiger partial charge is 0.261 e. The first-order chi connectivity index (χ1) is 8.42. The van der Waals surface area contributed by atoms with Crippen LogP contribution in [0.3, 0.4) is 0 Å². The van der Waals surface area contributed by atoms with Gasteiger partial charge in [-0.3, -0.25) is 4.98 Å². The maximum Gasteiger partial charge on any atom is 0.235 e. The zero-order chi connectivity index (χ0) is 11.2. The van der Waals surface area contributed by atoms with Gasteiger partial charge in [-0.2, -0.15) is 9.61 Å². The Kier molecular flexibility index (Phi) is 1.78. The average Bonchev–Trinajstić information content (AvgIpc) is 3.01. The van der Waals surface area contributed by atoms with Crippen LogP contribution in [0.5, 0.6) is 0 Å². The Hall–Kier alpha value is -1.89. The lowest BCUT2D eigenvalue weighted by Crippen LogP contribution is -1.94. The fourth-order valence-electron chi connectivity index (χ4n) is 1.70. The fraction of sp³-hybridized carbons (Fsp3) is 0.300. The van der Waals surface area contributed by atoms with E-state index in [1.165, 1.54) is 12.8 Å². The van der Waals surface area contributed by atoms with Crippen molar-refractivity contribution in [2.24, 2.45) is 0 Å². The number of hydrogen-bond acceptors (Lipinski definition) is 6. The van der Waals surface area contributed by atoms with Crippen LogP contribution in [0.25, 0.3) is 16.5 Å². The number of aromatic nitrogens is 6. The summed E-state index contributed by atoms with van der Waals surface area (Å²) in [5, 5.41) is 13.9. The van der Waals surface area contributed by atoms with Gasteiger partial charge >= 0.3 is 0 Å². The molecule has 1 aliphatic carbocycles. The fourth-order valence-corrected chi connectivity index (χ4v) is 2.71. The molecular formula is C10H8N6S. The minimum atomic E-state index is 0.636. The highest BCUT2D eigenvalue weighted by molar-refractivity contribution is 7.16. The molecule has 17 heavy (non-hydrogen) atoms. The van der Waals surface area contributed by atoms with Crippen molar-refractivity contribution in [3.63, 3.8) is 0 Å². The van der Waals surface area contributed by atoms with Crippen molar-refractivity contribution in [1.82, 2.24) is 29.8 Å². The third-order valence-corrected chi connectivity index (χ3v) is 3.79. The van der Waals surface area contributed by atoms with Gasteiger partial charge in [-0.05, 0) is 12.8 Å². The highest BCUT2D eigenvalue weighted by Gasteiger charge is 2.28. The molecule has 3 heterocycles. The molecule has 1 saturated carbocycles. The Morgan fingerprint density at radius 1 is 1.24 bits per heavy atom. The van der Waals surface area contributed by atoms with E-state index in [1.54, 1.807) is 34.4 Å². The van der Waals surface area contributed by atoms with E-state index in [0.29, 0.717) is 17.4 Å². The first-order valence-electron chi connectivity index (χ1n) is 5.40. The molecule has 0 bridgehead atoms. The van der Waals surface area contributed by atoms with Gasteiger partial charge in [0.05, 0.1) is 6.20 Å². The van der Waals surface area contributed by atoms with Gasteiger partial charge in [0.1, 0.15) is 10.7 Å². The Morgan fingerprint density at radius 2 is 2.18 bits per heavy atom. The van der Waals surface area contributed by atoms with Crippen LogP contribution in [0.1, 0.15) is 23.8 Å². The summed E-state index contributed by atoms with van der Waals surface area (Å²) < 4.78 is 1.77. The number of rotatable bonds is 2. The first-order valence-corrected chi connectivity index (χ1v) is 6.22. The van der Waals surface area contributed by atoms with E-state index < -0.39 is 0 Å². The summed E-state index contributed by atoms with van der Waals surface area (Å²) in [5.41, 5.74) is 0.702. The minimum Gasteiger partial charge on any atom is -0.261 e. The van der Waals surface area contributed by atoms with Crippen LogP contribution in [0.4, 0.5) is 0 Å². The van der Waals surface area contributed by atoms with E-state index in [-0.39, 0.29) is 0 Å². The Balaban J connectivity index is 1.90. The molecule has 0 radical (unpaired) electrons. The van der Waals surface area contributed by atoms with E-state index in [0.717, 1.165) is 9.97 Å². The lowest BCUT2D eigenvalue weighted by Gasteiger charge is -1.93. The van der Waals surface area contributed by atoms with E-state index in [1.807, 2.05) is 0 Å². The highest BCUT2D eigenvalue weighted by atomic mass is 32.1. The predicted octanol–water partition coefficient (Wildman–Crippen LogP) is 1.52. The topological polar surface area (TPSA) is 68.9 Å². The molecule has 0 spiro atoms. The van der Waals surface area contributed by atoms with Crippen LogP contribution < -0.4 is 0 Å². The number of hydrogen-bond donors (Lipinski definition) is 0. The van der Waals surface area contributed by atoms with Crippen molar-refractivity contribution in [2.45, 2.75) is 18.8 Å². The van der Waals surface area contributed by atoms with Crippen molar-refractivity contribution in [3.8, 4) is 11.5 Å². The molecule has 3 aromatic heterocycles. The van der Waals surface area contributed by atoms with Gasteiger partial charge in [-0.25, -0.2) is 4.98 Å². The van der Waals surface area contributed by atoms with Crippen molar-refractivity contribution < 1.29 is 0 Å². The van der Waals surface area contributed by atoms with Crippen LogP contribution in [0.2, 0.25) is 0 Å². The SMILES string of the molecule is c1cnc(-c2nnc3sc(C4CC4)nn23)cn1. The van der Waals surface area contributed by atoms with Crippen LogP contribution in [-0.2, 0) is 0 Å². The third-order valence-electron chi connectivity index (χ3n) is 2.73. The number of fused-ring (bicyclic) bond motifs is 1. The standard InChI is InChI=1S/C10H8N6S/c1-2-6(1)9-15-16-8(13-14-10(16)17-9)7-5-11-3-4-12-7/h3-6H,1-2H2. The van der Waals surface area contributed by atoms with Crippen molar-refractivity contribution in [1.29, 1.82) is 0 Å². The molecule has 0 amide bonds. The van der Waals surface area contributed by atoms with Crippen molar-refractivity contribution >= 4 is 16.3 Å². The van der Waals surface area contributed by atoms with Crippen LogP contribution in [0, 0.1) is 0 Å². The summed E-state index contributed by atoms with van der Waals surface area (Å²) in [6.07, 6.45) is 7.44. The normalized spacial score (nSPS) is 15.5. The summed E-state index contributed by atoms with van der Waals surface area (Å²) in [4.78, 5) is 9.08. The van der Waals surface area contributed by atoms with Gasteiger partial charge in [0.15, 0.2) is 0 Å². The third kappa shape index (κ3) is 1.42. The van der Waals surface area contributed by atoms with Crippen molar-refractivity contribution in [2.75, 3.05) is 0 Å².